The number of unbranched alkanes of at least 4 members (excludes halogenated alkanes) is 12. The summed E-state index contributed by atoms with van der Waals surface area (Å²) in [5.41, 5.74) is 0. The molecule has 0 rings (SSSR count). The SMILES string of the molecule is CCCCCCCCCC(=O)/N=N/C(=O)CCCCCCCCC. The zero-order valence-corrected chi connectivity index (χ0v) is 16.0. The second-order valence-electron chi connectivity index (χ2n) is 6.73. The van der Waals surface area contributed by atoms with Crippen molar-refractivity contribution in [1.82, 2.24) is 0 Å². The molecule has 2 amide bonds. The fraction of sp³-hybridized carbons (Fsp3) is 0.900. The Labute approximate surface area is 148 Å². The number of amides is 2. The molecule has 0 unspecified atom stereocenters. The second-order valence-corrected chi connectivity index (χ2v) is 6.73. The molecular weight excluding hydrogens is 300 g/mol. The van der Waals surface area contributed by atoms with Crippen LogP contribution in [0.25, 0.3) is 0 Å². The van der Waals surface area contributed by atoms with E-state index in [0.29, 0.717) is 12.8 Å². The van der Waals surface area contributed by atoms with Crippen molar-refractivity contribution in [2.75, 3.05) is 0 Å². The third kappa shape index (κ3) is 17.3. The Morgan fingerprint density at radius 2 is 0.792 bits per heavy atom. The van der Waals surface area contributed by atoms with E-state index in [1.807, 2.05) is 0 Å². The van der Waals surface area contributed by atoms with Gasteiger partial charge in [0.05, 0.1) is 0 Å². The average Bonchev–Trinajstić information content (AvgIpc) is 2.58. The van der Waals surface area contributed by atoms with E-state index in [9.17, 15) is 9.59 Å². The number of carbonyl (C=O) groups excluding carboxylic acids is 2. The molecule has 0 N–H and O–H groups in total. The van der Waals surface area contributed by atoms with Crippen molar-refractivity contribution < 1.29 is 9.59 Å². The summed E-state index contributed by atoms with van der Waals surface area (Å²) >= 11 is 0. The zero-order chi connectivity index (χ0) is 17.9. The molecule has 140 valence electrons. The molecule has 0 radical (unpaired) electrons. The standard InChI is InChI=1S/C20H38N2O2/c1-3-5-7-9-11-13-15-17-19(23)21-22-20(24)18-16-14-12-10-8-6-4-2/h3-18H2,1-2H3/b22-21+. The average molecular weight is 339 g/mol. The summed E-state index contributed by atoms with van der Waals surface area (Å²) in [7, 11) is 0. The predicted octanol–water partition coefficient (Wildman–Crippen LogP) is 6.77. The molecule has 0 fully saturated rings. The molecule has 24 heavy (non-hydrogen) atoms. The van der Waals surface area contributed by atoms with Gasteiger partial charge in [-0.3, -0.25) is 9.59 Å². The van der Waals surface area contributed by atoms with Gasteiger partial charge in [0.15, 0.2) is 0 Å². The summed E-state index contributed by atoms with van der Waals surface area (Å²) < 4.78 is 0. The highest BCUT2D eigenvalue weighted by Crippen LogP contribution is 2.10. The van der Waals surface area contributed by atoms with E-state index in [1.54, 1.807) is 0 Å². The lowest BCUT2D eigenvalue weighted by atomic mass is 10.1. The van der Waals surface area contributed by atoms with Gasteiger partial charge in [-0.1, -0.05) is 90.9 Å². The Kier molecular flexibility index (Phi) is 17.5. The van der Waals surface area contributed by atoms with Gasteiger partial charge in [0, 0.05) is 12.8 Å². The summed E-state index contributed by atoms with van der Waals surface area (Å²) in [4.78, 5) is 23.1. The van der Waals surface area contributed by atoms with Crippen LogP contribution < -0.4 is 0 Å². The summed E-state index contributed by atoms with van der Waals surface area (Å²) in [6.07, 6.45) is 17.2. The molecule has 4 heteroatoms. The number of carbonyl (C=O) groups is 2. The summed E-state index contributed by atoms with van der Waals surface area (Å²) in [5, 5.41) is 7.09. The molecule has 0 saturated heterocycles. The Morgan fingerprint density at radius 1 is 0.500 bits per heavy atom. The number of hydrogen-bond donors (Lipinski definition) is 0. The molecule has 0 bridgehead atoms. The molecule has 0 heterocycles. The van der Waals surface area contributed by atoms with E-state index in [-0.39, 0.29) is 11.8 Å². The van der Waals surface area contributed by atoms with Crippen molar-refractivity contribution >= 4 is 11.8 Å². The van der Waals surface area contributed by atoms with Gasteiger partial charge in [-0.25, -0.2) is 0 Å². The van der Waals surface area contributed by atoms with Crippen LogP contribution in [0.5, 0.6) is 0 Å². The first-order chi connectivity index (χ1) is 11.7. The molecule has 0 aromatic rings. The maximum absolute atomic E-state index is 11.5. The van der Waals surface area contributed by atoms with E-state index >= 15 is 0 Å². The second kappa shape index (κ2) is 18.3. The van der Waals surface area contributed by atoms with Crippen LogP contribution in [-0.4, -0.2) is 11.8 Å². The molecule has 0 aromatic heterocycles. The van der Waals surface area contributed by atoms with Gasteiger partial charge in [-0.2, -0.15) is 0 Å². The number of nitrogens with zero attached hydrogens (tertiary/aromatic N) is 2. The van der Waals surface area contributed by atoms with E-state index in [1.165, 1.54) is 64.2 Å². The topological polar surface area (TPSA) is 58.9 Å². The van der Waals surface area contributed by atoms with Crippen LogP contribution in [0.3, 0.4) is 0 Å². The van der Waals surface area contributed by atoms with Crippen LogP contribution in [0.4, 0.5) is 0 Å². The van der Waals surface area contributed by atoms with Crippen LogP contribution >= 0.6 is 0 Å². The predicted molar refractivity (Wildman–Crippen MR) is 100 cm³/mol. The normalized spacial score (nSPS) is 11.2. The van der Waals surface area contributed by atoms with Gasteiger partial charge >= 0.3 is 0 Å². The minimum Gasteiger partial charge on any atom is -0.271 e. The number of rotatable bonds is 16. The highest BCUT2D eigenvalue weighted by Gasteiger charge is 2.03. The van der Waals surface area contributed by atoms with Crippen molar-refractivity contribution in [1.29, 1.82) is 0 Å². The first-order valence-electron chi connectivity index (χ1n) is 10.2. The van der Waals surface area contributed by atoms with Crippen molar-refractivity contribution in [3.63, 3.8) is 0 Å². The molecule has 0 aliphatic carbocycles. The number of hydrogen-bond acceptors (Lipinski definition) is 2. The summed E-state index contributed by atoms with van der Waals surface area (Å²) in [6, 6.07) is 0. The summed E-state index contributed by atoms with van der Waals surface area (Å²) in [5.74, 6) is -0.507. The van der Waals surface area contributed by atoms with Crippen LogP contribution in [0.1, 0.15) is 117 Å². The molecule has 0 aliphatic heterocycles. The molecule has 0 saturated carbocycles. The van der Waals surface area contributed by atoms with Gasteiger partial charge in [-0.15, -0.1) is 10.2 Å². The van der Waals surface area contributed by atoms with Crippen LogP contribution in [0.2, 0.25) is 0 Å². The van der Waals surface area contributed by atoms with Gasteiger partial charge in [0.1, 0.15) is 0 Å². The Hall–Kier alpha value is -1.06. The molecule has 0 atom stereocenters. The van der Waals surface area contributed by atoms with Crippen molar-refractivity contribution in [2.24, 2.45) is 10.2 Å². The van der Waals surface area contributed by atoms with Crippen LogP contribution in [0, 0.1) is 0 Å². The van der Waals surface area contributed by atoms with Crippen molar-refractivity contribution in [2.45, 2.75) is 117 Å². The number of azo groups is 1. The molecule has 0 aromatic carbocycles. The zero-order valence-electron chi connectivity index (χ0n) is 16.0. The first-order valence-corrected chi connectivity index (χ1v) is 10.2. The van der Waals surface area contributed by atoms with Crippen molar-refractivity contribution in [3.05, 3.63) is 0 Å². The fourth-order valence-electron chi connectivity index (χ4n) is 2.68. The smallest absolute Gasteiger partial charge is 0.264 e. The minimum absolute atomic E-state index is 0.253. The van der Waals surface area contributed by atoms with Gasteiger partial charge in [0.25, 0.3) is 11.8 Å². The Balaban J connectivity index is 3.48. The maximum atomic E-state index is 11.5. The monoisotopic (exact) mass is 338 g/mol. The fourth-order valence-corrected chi connectivity index (χ4v) is 2.68. The molecular formula is C20H38N2O2. The van der Waals surface area contributed by atoms with Crippen LogP contribution in [0.15, 0.2) is 10.2 Å². The minimum atomic E-state index is -0.253. The molecule has 0 spiro atoms. The maximum Gasteiger partial charge on any atom is 0.264 e. The summed E-state index contributed by atoms with van der Waals surface area (Å²) in [6.45, 7) is 4.41. The molecule has 0 aliphatic rings. The first kappa shape index (κ1) is 22.9. The van der Waals surface area contributed by atoms with Gasteiger partial charge in [0.2, 0.25) is 0 Å². The van der Waals surface area contributed by atoms with Crippen molar-refractivity contribution in [3.8, 4) is 0 Å². The third-order valence-electron chi connectivity index (χ3n) is 4.26. The lowest BCUT2D eigenvalue weighted by Gasteiger charge is -1.99. The van der Waals surface area contributed by atoms with Gasteiger partial charge in [-0.05, 0) is 12.8 Å². The molecule has 4 nitrogen and oxygen atoms in total. The largest absolute Gasteiger partial charge is 0.271 e. The van der Waals surface area contributed by atoms with Gasteiger partial charge < -0.3 is 0 Å². The van der Waals surface area contributed by atoms with E-state index < -0.39 is 0 Å². The third-order valence-corrected chi connectivity index (χ3v) is 4.26. The lowest BCUT2D eigenvalue weighted by molar-refractivity contribution is -0.122. The Morgan fingerprint density at radius 3 is 1.12 bits per heavy atom. The highest BCUT2D eigenvalue weighted by molar-refractivity contribution is 5.81. The highest BCUT2D eigenvalue weighted by atomic mass is 16.2. The van der Waals surface area contributed by atoms with E-state index in [2.05, 4.69) is 24.1 Å². The quantitative estimate of drug-likeness (QED) is 0.230. The van der Waals surface area contributed by atoms with E-state index in [0.717, 1.165) is 25.7 Å². The van der Waals surface area contributed by atoms with E-state index in [4.69, 9.17) is 0 Å². The van der Waals surface area contributed by atoms with Crippen LogP contribution in [-0.2, 0) is 9.59 Å². The lowest BCUT2D eigenvalue weighted by Crippen LogP contribution is -1.96. The Bertz CT molecular complexity index is 309.